The van der Waals surface area contributed by atoms with E-state index in [1.165, 1.54) is 11.7 Å². The maximum Gasteiger partial charge on any atom is 0.337 e. The van der Waals surface area contributed by atoms with Crippen molar-refractivity contribution in [3.63, 3.8) is 0 Å². The second-order valence-electron chi connectivity index (χ2n) is 5.38. The summed E-state index contributed by atoms with van der Waals surface area (Å²) in [6.07, 6.45) is 2.89. The minimum Gasteiger partial charge on any atom is -0.465 e. The highest BCUT2D eigenvalue weighted by atomic mass is 19.1. The van der Waals surface area contributed by atoms with Crippen LogP contribution in [0.5, 0.6) is 0 Å². The first-order valence-corrected chi connectivity index (χ1v) is 7.41. The number of fused-ring (bicyclic) bond motifs is 1. The molecule has 1 atom stereocenters. The number of aromatic nitrogens is 1. The van der Waals surface area contributed by atoms with Crippen molar-refractivity contribution in [2.45, 2.75) is 39.0 Å². The normalized spacial score (nSPS) is 12.6. The molecule has 1 aromatic heterocycles. The first-order valence-electron chi connectivity index (χ1n) is 7.41. The van der Waals surface area contributed by atoms with E-state index in [2.05, 4.69) is 13.8 Å². The van der Waals surface area contributed by atoms with Crippen LogP contribution >= 0.6 is 0 Å². The van der Waals surface area contributed by atoms with Crippen LogP contribution in [-0.4, -0.2) is 17.6 Å². The van der Waals surface area contributed by atoms with E-state index in [1.807, 2.05) is 6.07 Å². The number of esters is 1. The summed E-state index contributed by atoms with van der Waals surface area (Å²) in [7, 11) is 3.04. The summed E-state index contributed by atoms with van der Waals surface area (Å²) < 4.78 is 20.9. The average molecular weight is 291 g/mol. The molecule has 0 aliphatic carbocycles. The zero-order chi connectivity index (χ0) is 15.6. The molecule has 1 heterocycles. The molecule has 3 nitrogen and oxygen atoms in total. The summed E-state index contributed by atoms with van der Waals surface area (Å²) in [4.78, 5) is 11.6. The SMILES string of the molecule is CCCC(CC)c1c(F)n(C)c2cc(C(=O)OC)ccc12. The minimum absolute atomic E-state index is 0.202. The fourth-order valence-corrected chi connectivity index (χ4v) is 2.97. The van der Waals surface area contributed by atoms with Crippen molar-refractivity contribution in [3.05, 3.63) is 35.3 Å². The topological polar surface area (TPSA) is 31.2 Å². The van der Waals surface area contributed by atoms with Crippen LogP contribution in [0, 0.1) is 5.95 Å². The van der Waals surface area contributed by atoms with E-state index >= 15 is 0 Å². The van der Waals surface area contributed by atoms with Crippen LogP contribution in [0.3, 0.4) is 0 Å². The van der Waals surface area contributed by atoms with Crippen LogP contribution in [0.1, 0.15) is 54.9 Å². The summed E-state index contributed by atoms with van der Waals surface area (Å²) in [5, 5.41) is 0.892. The Morgan fingerprint density at radius 2 is 2.10 bits per heavy atom. The van der Waals surface area contributed by atoms with Crippen molar-refractivity contribution in [2.24, 2.45) is 7.05 Å². The van der Waals surface area contributed by atoms with Gasteiger partial charge in [-0.25, -0.2) is 4.79 Å². The number of nitrogens with zero attached hydrogens (tertiary/aromatic N) is 1. The molecule has 1 unspecified atom stereocenters. The van der Waals surface area contributed by atoms with Crippen LogP contribution in [0.4, 0.5) is 4.39 Å². The standard InChI is InChI=1S/C17H22FNO2/c1-5-7-11(6-2)15-13-9-8-12(17(20)21-4)10-14(13)19(3)16(15)18/h8-11H,5-7H2,1-4H3. The van der Waals surface area contributed by atoms with E-state index in [0.717, 1.165) is 35.7 Å². The molecule has 0 radical (unpaired) electrons. The maximum absolute atomic E-state index is 14.6. The lowest BCUT2D eigenvalue weighted by atomic mass is 9.91. The molecule has 4 heteroatoms. The molecule has 0 amide bonds. The van der Waals surface area contributed by atoms with Gasteiger partial charge in [0.2, 0.25) is 0 Å². The number of halogens is 1. The highest BCUT2D eigenvalue weighted by molar-refractivity contribution is 5.95. The second kappa shape index (κ2) is 6.29. The Morgan fingerprint density at radius 1 is 1.38 bits per heavy atom. The average Bonchev–Trinajstić information content (AvgIpc) is 2.75. The van der Waals surface area contributed by atoms with Gasteiger partial charge in [0.25, 0.3) is 0 Å². The minimum atomic E-state index is -0.402. The molecule has 114 valence electrons. The Hall–Kier alpha value is -1.84. The highest BCUT2D eigenvalue weighted by Crippen LogP contribution is 2.35. The number of ether oxygens (including phenoxy) is 1. The molecule has 0 fully saturated rings. The summed E-state index contributed by atoms with van der Waals surface area (Å²) in [5.74, 6) is -0.393. The van der Waals surface area contributed by atoms with Gasteiger partial charge in [-0.15, -0.1) is 0 Å². The zero-order valence-corrected chi connectivity index (χ0v) is 13.1. The van der Waals surface area contributed by atoms with Crippen molar-refractivity contribution >= 4 is 16.9 Å². The Kier molecular flexibility index (Phi) is 4.66. The number of carbonyl (C=O) groups excluding carboxylic acids is 1. The smallest absolute Gasteiger partial charge is 0.337 e. The quantitative estimate of drug-likeness (QED) is 0.765. The van der Waals surface area contributed by atoms with Crippen LogP contribution in [0.15, 0.2) is 18.2 Å². The van der Waals surface area contributed by atoms with Gasteiger partial charge in [-0.1, -0.05) is 26.3 Å². The Balaban J connectivity index is 2.63. The lowest BCUT2D eigenvalue weighted by Crippen LogP contribution is -2.01. The van der Waals surface area contributed by atoms with Gasteiger partial charge < -0.3 is 9.30 Å². The van der Waals surface area contributed by atoms with E-state index in [4.69, 9.17) is 4.74 Å². The van der Waals surface area contributed by atoms with Crippen molar-refractivity contribution in [1.82, 2.24) is 4.57 Å². The molecule has 0 saturated heterocycles. The van der Waals surface area contributed by atoms with Gasteiger partial charge in [-0.05, 0) is 30.9 Å². The largest absolute Gasteiger partial charge is 0.465 e. The van der Waals surface area contributed by atoms with Gasteiger partial charge in [0.05, 0.1) is 18.2 Å². The van der Waals surface area contributed by atoms with Gasteiger partial charge in [0.15, 0.2) is 5.95 Å². The molecule has 1 aromatic carbocycles. The molecule has 2 aromatic rings. The fourth-order valence-electron chi connectivity index (χ4n) is 2.97. The monoisotopic (exact) mass is 291 g/mol. The van der Waals surface area contributed by atoms with Gasteiger partial charge >= 0.3 is 5.97 Å². The molecule has 0 N–H and O–H groups in total. The van der Waals surface area contributed by atoms with E-state index in [1.54, 1.807) is 19.2 Å². The predicted molar refractivity (Wildman–Crippen MR) is 82.2 cm³/mol. The summed E-state index contributed by atoms with van der Waals surface area (Å²) in [6.45, 7) is 4.20. The first-order chi connectivity index (χ1) is 10.0. The number of rotatable bonds is 5. The molecule has 0 aliphatic rings. The third-order valence-electron chi connectivity index (χ3n) is 4.13. The Labute approximate surface area is 124 Å². The first kappa shape index (κ1) is 15.5. The molecular weight excluding hydrogens is 269 g/mol. The van der Waals surface area contributed by atoms with E-state index in [-0.39, 0.29) is 11.9 Å². The summed E-state index contributed by atoms with van der Waals surface area (Å²) in [6, 6.07) is 5.24. The third-order valence-corrected chi connectivity index (χ3v) is 4.13. The van der Waals surface area contributed by atoms with Crippen molar-refractivity contribution < 1.29 is 13.9 Å². The zero-order valence-electron chi connectivity index (χ0n) is 13.1. The predicted octanol–water partition coefficient (Wildman–Crippen LogP) is 4.40. The number of benzene rings is 1. The third kappa shape index (κ3) is 2.67. The van der Waals surface area contributed by atoms with E-state index < -0.39 is 5.97 Å². The molecule has 0 spiro atoms. The molecule has 0 saturated carbocycles. The highest BCUT2D eigenvalue weighted by Gasteiger charge is 2.22. The van der Waals surface area contributed by atoms with Crippen molar-refractivity contribution in [3.8, 4) is 0 Å². The van der Waals surface area contributed by atoms with Gasteiger partial charge in [0, 0.05) is 18.0 Å². The van der Waals surface area contributed by atoms with Crippen molar-refractivity contribution in [1.29, 1.82) is 0 Å². The molecule has 0 aliphatic heterocycles. The Morgan fingerprint density at radius 3 is 2.67 bits per heavy atom. The lowest BCUT2D eigenvalue weighted by molar-refractivity contribution is 0.0601. The van der Waals surface area contributed by atoms with Crippen LogP contribution in [-0.2, 0) is 11.8 Å². The number of methoxy groups -OCH3 is 1. The van der Waals surface area contributed by atoms with Crippen LogP contribution in [0.25, 0.3) is 10.9 Å². The van der Waals surface area contributed by atoms with Crippen LogP contribution < -0.4 is 0 Å². The van der Waals surface area contributed by atoms with E-state index in [9.17, 15) is 9.18 Å². The Bertz CT molecular complexity index is 660. The molecule has 21 heavy (non-hydrogen) atoms. The maximum atomic E-state index is 14.6. The molecular formula is C17H22FNO2. The number of carbonyl (C=O) groups is 1. The van der Waals surface area contributed by atoms with Crippen molar-refractivity contribution in [2.75, 3.05) is 7.11 Å². The number of aryl methyl sites for hydroxylation is 1. The molecule has 2 rings (SSSR count). The summed E-state index contributed by atoms with van der Waals surface area (Å²) >= 11 is 0. The van der Waals surface area contributed by atoms with Gasteiger partial charge in [-0.2, -0.15) is 4.39 Å². The molecule has 0 bridgehead atoms. The fraction of sp³-hybridized carbons (Fsp3) is 0.471. The van der Waals surface area contributed by atoms with Gasteiger partial charge in [-0.3, -0.25) is 0 Å². The number of hydrogen-bond acceptors (Lipinski definition) is 2. The van der Waals surface area contributed by atoms with Crippen LogP contribution in [0.2, 0.25) is 0 Å². The summed E-state index contributed by atoms with van der Waals surface area (Å²) in [5.41, 5.74) is 1.95. The lowest BCUT2D eigenvalue weighted by Gasteiger charge is -2.13. The second-order valence-corrected chi connectivity index (χ2v) is 5.38. The van der Waals surface area contributed by atoms with Gasteiger partial charge in [0.1, 0.15) is 0 Å². The van der Waals surface area contributed by atoms with E-state index in [0.29, 0.717) is 5.56 Å². The number of hydrogen-bond donors (Lipinski definition) is 0.